The second-order valence-electron chi connectivity index (χ2n) is 5.16. The predicted octanol–water partition coefficient (Wildman–Crippen LogP) is 2.89. The minimum atomic E-state index is -3.73. The zero-order valence-electron chi connectivity index (χ0n) is 12.6. The van der Waals surface area contributed by atoms with E-state index in [0.717, 1.165) is 0 Å². The number of hydrogen-bond donors (Lipinski definition) is 1. The van der Waals surface area contributed by atoms with Crippen LogP contribution in [0.25, 0.3) is 0 Å². The van der Waals surface area contributed by atoms with Gasteiger partial charge in [0, 0.05) is 24.2 Å². The lowest BCUT2D eigenvalue weighted by molar-refractivity contribution is 0.0966. The van der Waals surface area contributed by atoms with Gasteiger partial charge in [0.25, 0.3) is 0 Å². The highest BCUT2D eigenvalue weighted by atomic mass is 35.5. The molecule has 1 aliphatic rings. The van der Waals surface area contributed by atoms with Gasteiger partial charge in [-0.3, -0.25) is 0 Å². The molecule has 0 radical (unpaired) electrons. The molecule has 2 rings (SSSR count). The van der Waals surface area contributed by atoms with E-state index in [1.807, 2.05) is 0 Å². The average molecular weight is 381 g/mol. The fourth-order valence-electron chi connectivity index (χ4n) is 2.37. The van der Waals surface area contributed by atoms with Crippen LogP contribution in [-0.4, -0.2) is 45.1 Å². The molecule has 1 aliphatic heterocycles. The van der Waals surface area contributed by atoms with Crippen molar-refractivity contribution in [1.29, 1.82) is 0 Å². The van der Waals surface area contributed by atoms with Crippen LogP contribution in [0.15, 0.2) is 23.1 Å². The number of likely N-dealkylation sites (tertiary alicyclic amines) is 1. The van der Waals surface area contributed by atoms with Crippen molar-refractivity contribution in [3.63, 3.8) is 0 Å². The molecule has 0 spiro atoms. The first-order valence-electron chi connectivity index (χ1n) is 7.22. The van der Waals surface area contributed by atoms with Gasteiger partial charge in [-0.15, -0.1) is 0 Å². The van der Waals surface area contributed by atoms with E-state index in [2.05, 4.69) is 4.72 Å². The number of ether oxygens (including phenoxy) is 1. The fraction of sp³-hybridized carbons (Fsp3) is 0.500. The topological polar surface area (TPSA) is 75.7 Å². The fourth-order valence-corrected chi connectivity index (χ4v) is 4.45. The van der Waals surface area contributed by atoms with Crippen molar-refractivity contribution in [3.8, 4) is 0 Å². The third kappa shape index (κ3) is 4.73. The van der Waals surface area contributed by atoms with Gasteiger partial charge in [0.15, 0.2) is 0 Å². The molecule has 1 saturated heterocycles. The van der Waals surface area contributed by atoms with Gasteiger partial charge in [0.1, 0.15) is 4.90 Å². The molecule has 1 aromatic rings. The Kier molecular flexibility index (Phi) is 6.13. The zero-order chi connectivity index (χ0) is 17.0. The molecule has 1 N–H and O–H groups in total. The Balaban J connectivity index is 1.99. The number of halogens is 2. The number of nitrogens with zero attached hydrogens (tertiary/aromatic N) is 1. The number of carbonyl (C=O) groups is 1. The Hall–Kier alpha value is -1.02. The van der Waals surface area contributed by atoms with E-state index >= 15 is 0 Å². The van der Waals surface area contributed by atoms with Gasteiger partial charge in [0.2, 0.25) is 10.0 Å². The smallest absolute Gasteiger partial charge is 0.409 e. The number of amides is 1. The minimum absolute atomic E-state index is 0.00334. The second kappa shape index (κ2) is 7.70. The SMILES string of the molecule is CCOC(=O)N1CCC(NS(=O)(=O)c2ccc(Cl)cc2Cl)CC1. The molecule has 1 fully saturated rings. The summed E-state index contributed by atoms with van der Waals surface area (Å²) in [6.07, 6.45) is 0.668. The van der Waals surface area contributed by atoms with Crippen molar-refractivity contribution in [2.75, 3.05) is 19.7 Å². The van der Waals surface area contributed by atoms with Gasteiger partial charge in [-0.25, -0.2) is 17.9 Å². The summed E-state index contributed by atoms with van der Waals surface area (Å²) in [5.74, 6) is 0. The van der Waals surface area contributed by atoms with Gasteiger partial charge in [-0.1, -0.05) is 23.2 Å². The summed E-state index contributed by atoms with van der Waals surface area (Å²) in [4.78, 5) is 13.2. The highest BCUT2D eigenvalue weighted by Gasteiger charge is 2.28. The summed E-state index contributed by atoms with van der Waals surface area (Å²) in [6, 6.07) is 3.99. The van der Waals surface area contributed by atoms with Crippen molar-refractivity contribution in [2.45, 2.75) is 30.7 Å². The van der Waals surface area contributed by atoms with Crippen LogP contribution in [-0.2, 0) is 14.8 Å². The predicted molar refractivity (Wildman–Crippen MR) is 88.4 cm³/mol. The van der Waals surface area contributed by atoms with Gasteiger partial charge in [-0.2, -0.15) is 0 Å². The number of benzene rings is 1. The van der Waals surface area contributed by atoms with Crippen LogP contribution >= 0.6 is 23.2 Å². The number of sulfonamides is 1. The summed E-state index contributed by atoms with van der Waals surface area (Å²) in [6.45, 7) is 2.95. The summed E-state index contributed by atoms with van der Waals surface area (Å²) in [5.41, 5.74) is 0. The standard InChI is InChI=1S/C14H18Cl2N2O4S/c1-2-22-14(19)18-7-5-11(6-8-18)17-23(20,21)13-4-3-10(15)9-12(13)16/h3-4,9,11,17H,2,5-8H2,1H3. The van der Waals surface area contributed by atoms with Crippen LogP contribution in [0.5, 0.6) is 0 Å². The molecule has 23 heavy (non-hydrogen) atoms. The molecular weight excluding hydrogens is 363 g/mol. The summed E-state index contributed by atoms with van der Waals surface area (Å²) in [5, 5.41) is 0.450. The molecule has 1 heterocycles. The molecule has 0 atom stereocenters. The van der Waals surface area contributed by atoms with Gasteiger partial charge >= 0.3 is 6.09 Å². The van der Waals surface area contributed by atoms with Gasteiger partial charge in [-0.05, 0) is 38.0 Å². The molecule has 6 nitrogen and oxygen atoms in total. The number of carbonyl (C=O) groups excluding carboxylic acids is 1. The van der Waals surface area contributed by atoms with Crippen LogP contribution in [0.4, 0.5) is 4.79 Å². The van der Waals surface area contributed by atoms with E-state index in [1.165, 1.54) is 18.2 Å². The van der Waals surface area contributed by atoms with E-state index < -0.39 is 10.0 Å². The Morgan fingerprint density at radius 1 is 1.35 bits per heavy atom. The molecule has 128 valence electrons. The Labute approximate surface area is 145 Å². The average Bonchev–Trinajstić information content (AvgIpc) is 2.47. The molecule has 0 aliphatic carbocycles. The normalized spacial score (nSPS) is 16.4. The first kappa shape index (κ1) is 18.3. The number of piperidine rings is 1. The lowest BCUT2D eigenvalue weighted by Gasteiger charge is -2.31. The molecule has 0 unspecified atom stereocenters. The van der Waals surface area contributed by atoms with Crippen LogP contribution in [0, 0.1) is 0 Å². The molecule has 0 bridgehead atoms. The van der Waals surface area contributed by atoms with Crippen molar-refractivity contribution in [2.24, 2.45) is 0 Å². The first-order chi connectivity index (χ1) is 10.8. The number of hydrogen-bond acceptors (Lipinski definition) is 4. The quantitative estimate of drug-likeness (QED) is 0.870. The van der Waals surface area contributed by atoms with Gasteiger partial charge in [0.05, 0.1) is 11.6 Å². The monoisotopic (exact) mass is 380 g/mol. The minimum Gasteiger partial charge on any atom is -0.450 e. The largest absolute Gasteiger partial charge is 0.450 e. The second-order valence-corrected chi connectivity index (χ2v) is 7.68. The van der Waals surface area contributed by atoms with Crippen molar-refractivity contribution >= 4 is 39.3 Å². The van der Waals surface area contributed by atoms with Gasteiger partial charge < -0.3 is 9.64 Å². The van der Waals surface area contributed by atoms with E-state index in [-0.39, 0.29) is 22.1 Å². The molecule has 1 aromatic carbocycles. The van der Waals surface area contributed by atoms with Crippen LogP contribution in [0.3, 0.4) is 0 Å². The summed E-state index contributed by atoms with van der Waals surface area (Å²) in [7, 11) is -3.73. The maximum Gasteiger partial charge on any atom is 0.409 e. The molecule has 1 amide bonds. The highest BCUT2D eigenvalue weighted by molar-refractivity contribution is 7.89. The third-order valence-corrected chi connectivity index (χ3v) is 5.76. The molecular formula is C14H18Cl2N2O4S. The van der Waals surface area contributed by atoms with E-state index in [1.54, 1.807) is 11.8 Å². The van der Waals surface area contributed by atoms with Crippen LogP contribution in [0.2, 0.25) is 10.0 Å². The van der Waals surface area contributed by atoms with Crippen LogP contribution < -0.4 is 4.72 Å². The summed E-state index contributed by atoms with van der Waals surface area (Å²) < 4.78 is 32.4. The van der Waals surface area contributed by atoms with E-state index in [9.17, 15) is 13.2 Å². The van der Waals surface area contributed by atoms with E-state index in [4.69, 9.17) is 27.9 Å². The maximum absolute atomic E-state index is 12.4. The Morgan fingerprint density at radius 2 is 2.00 bits per heavy atom. The lowest BCUT2D eigenvalue weighted by atomic mass is 10.1. The molecule has 0 saturated carbocycles. The Morgan fingerprint density at radius 3 is 2.57 bits per heavy atom. The van der Waals surface area contributed by atoms with Crippen molar-refractivity contribution in [3.05, 3.63) is 28.2 Å². The van der Waals surface area contributed by atoms with E-state index in [0.29, 0.717) is 37.6 Å². The maximum atomic E-state index is 12.4. The zero-order valence-corrected chi connectivity index (χ0v) is 14.9. The lowest BCUT2D eigenvalue weighted by Crippen LogP contribution is -2.46. The summed E-state index contributed by atoms with van der Waals surface area (Å²) >= 11 is 11.7. The van der Waals surface area contributed by atoms with Crippen molar-refractivity contribution in [1.82, 2.24) is 9.62 Å². The molecule has 9 heteroatoms. The Bertz CT molecular complexity index is 673. The highest BCUT2D eigenvalue weighted by Crippen LogP contribution is 2.25. The molecule has 0 aromatic heterocycles. The number of rotatable bonds is 4. The first-order valence-corrected chi connectivity index (χ1v) is 9.46. The number of nitrogens with one attached hydrogen (secondary N) is 1. The third-order valence-electron chi connectivity index (χ3n) is 3.53. The van der Waals surface area contributed by atoms with Crippen LogP contribution in [0.1, 0.15) is 19.8 Å². The van der Waals surface area contributed by atoms with Crippen molar-refractivity contribution < 1.29 is 17.9 Å².